The zero-order chi connectivity index (χ0) is 18.6. The highest BCUT2D eigenvalue weighted by molar-refractivity contribution is 7.89. The van der Waals surface area contributed by atoms with E-state index in [1.54, 1.807) is 13.8 Å². The van der Waals surface area contributed by atoms with Gasteiger partial charge in [0.15, 0.2) is 0 Å². The molecule has 2 rings (SSSR count). The van der Waals surface area contributed by atoms with Gasteiger partial charge in [-0.3, -0.25) is 4.79 Å². The molecule has 1 aliphatic rings. The Balaban J connectivity index is 0.00000338. The minimum Gasteiger partial charge on any atom is -0.350 e. The van der Waals surface area contributed by atoms with E-state index >= 15 is 0 Å². The van der Waals surface area contributed by atoms with Gasteiger partial charge >= 0.3 is 0 Å². The standard InChI is InChI=1S/C17H26FN3O3S.ClH/c1-11(2)16(17(22)20-14-8-6-10-19-12(14)3)21-25(23,24)15-9-5-4-7-13(15)18;/h4-5,7,9,11-12,14,16,19,21H,6,8,10H2,1-3H3,(H,20,22);1H. The normalized spacial score (nSPS) is 21.7. The largest absolute Gasteiger partial charge is 0.350 e. The van der Waals surface area contributed by atoms with E-state index < -0.39 is 32.7 Å². The molecule has 1 aromatic rings. The highest BCUT2D eigenvalue weighted by Gasteiger charge is 2.32. The van der Waals surface area contributed by atoms with Crippen molar-refractivity contribution >= 4 is 28.3 Å². The first-order valence-corrected chi connectivity index (χ1v) is 10.0. The van der Waals surface area contributed by atoms with Gasteiger partial charge in [0.2, 0.25) is 15.9 Å². The smallest absolute Gasteiger partial charge is 0.244 e. The van der Waals surface area contributed by atoms with Gasteiger partial charge < -0.3 is 10.6 Å². The van der Waals surface area contributed by atoms with Crippen LogP contribution in [-0.4, -0.2) is 39.0 Å². The van der Waals surface area contributed by atoms with E-state index in [1.807, 2.05) is 6.92 Å². The third-order valence-electron chi connectivity index (χ3n) is 4.45. The first-order chi connectivity index (χ1) is 11.7. The first-order valence-electron chi connectivity index (χ1n) is 8.53. The van der Waals surface area contributed by atoms with Crippen LogP contribution < -0.4 is 15.4 Å². The van der Waals surface area contributed by atoms with Crippen LogP contribution >= 0.6 is 12.4 Å². The van der Waals surface area contributed by atoms with Crippen LogP contribution in [0, 0.1) is 11.7 Å². The summed E-state index contributed by atoms with van der Waals surface area (Å²) in [5.41, 5.74) is 0. The van der Waals surface area contributed by atoms with E-state index in [-0.39, 0.29) is 30.4 Å². The average molecular weight is 408 g/mol. The zero-order valence-electron chi connectivity index (χ0n) is 15.2. The van der Waals surface area contributed by atoms with Crippen molar-refractivity contribution in [2.45, 2.75) is 56.6 Å². The molecule has 0 aliphatic carbocycles. The van der Waals surface area contributed by atoms with Gasteiger partial charge in [0.05, 0.1) is 0 Å². The molecule has 0 aromatic heterocycles. The minimum atomic E-state index is -4.14. The Labute approximate surface area is 160 Å². The summed E-state index contributed by atoms with van der Waals surface area (Å²) < 4.78 is 41.2. The number of sulfonamides is 1. The molecule has 1 saturated heterocycles. The van der Waals surface area contributed by atoms with Crippen molar-refractivity contribution in [3.8, 4) is 0 Å². The van der Waals surface area contributed by atoms with Crippen LogP contribution in [0.5, 0.6) is 0 Å². The van der Waals surface area contributed by atoms with Crippen LogP contribution in [0.1, 0.15) is 33.6 Å². The summed E-state index contributed by atoms with van der Waals surface area (Å²) >= 11 is 0. The van der Waals surface area contributed by atoms with Crippen molar-refractivity contribution in [1.29, 1.82) is 0 Å². The zero-order valence-corrected chi connectivity index (χ0v) is 16.8. The quantitative estimate of drug-likeness (QED) is 0.671. The van der Waals surface area contributed by atoms with Crippen LogP contribution in [-0.2, 0) is 14.8 Å². The van der Waals surface area contributed by atoms with Gasteiger partial charge in [0, 0.05) is 12.1 Å². The van der Waals surface area contributed by atoms with Gasteiger partial charge in [-0.25, -0.2) is 12.8 Å². The second-order valence-electron chi connectivity index (χ2n) is 6.77. The van der Waals surface area contributed by atoms with Gasteiger partial charge in [-0.05, 0) is 44.4 Å². The molecule has 0 saturated carbocycles. The summed E-state index contributed by atoms with van der Waals surface area (Å²) in [5, 5.41) is 6.20. The molecular weight excluding hydrogens is 381 g/mol. The summed E-state index contributed by atoms with van der Waals surface area (Å²) in [5.74, 6) is -1.52. The molecule has 3 atom stereocenters. The van der Waals surface area contributed by atoms with Crippen molar-refractivity contribution in [3.63, 3.8) is 0 Å². The maximum absolute atomic E-state index is 13.8. The number of rotatable bonds is 6. The summed E-state index contributed by atoms with van der Waals surface area (Å²) in [6, 6.07) is 4.21. The minimum absolute atomic E-state index is 0. The van der Waals surface area contributed by atoms with E-state index in [1.165, 1.54) is 18.2 Å². The number of halogens is 2. The van der Waals surface area contributed by atoms with Crippen LogP contribution in [0.4, 0.5) is 4.39 Å². The SMILES string of the molecule is CC(C)C(NS(=O)(=O)c1ccccc1F)C(=O)NC1CCCNC1C.Cl. The lowest BCUT2D eigenvalue weighted by Crippen LogP contribution is -2.57. The third-order valence-corrected chi connectivity index (χ3v) is 5.92. The number of amides is 1. The van der Waals surface area contributed by atoms with Crippen molar-refractivity contribution in [2.75, 3.05) is 6.54 Å². The molecule has 1 aliphatic heterocycles. The number of carbonyl (C=O) groups is 1. The Morgan fingerprint density at radius 1 is 1.31 bits per heavy atom. The molecule has 9 heteroatoms. The maximum Gasteiger partial charge on any atom is 0.244 e. The van der Waals surface area contributed by atoms with E-state index in [2.05, 4.69) is 15.4 Å². The summed E-state index contributed by atoms with van der Waals surface area (Å²) in [6.45, 7) is 6.38. The van der Waals surface area contributed by atoms with Crippen LogP contribution in [0.15, 0.2) is 29.2 Å². The van der Waals surface area contributed by atoms with Crippen LogP contribution in [0.3, 0.4) is 0 Å². The summed E-state index contributed by atoms with van der Waals surface area (Å²) in [6.07, 6.45) is 1.79. The molecule has 3 unspecified atom stereocenters. The fourth-order valence-corrected chi connectivity index (χ4v) is 4.32. The number of piperidine rings is 1. The van der Waals surface area contributed by atoms with E-state index in [4.69, 9.17) is 0 Å². The fraction of sp³-hybridized carbons (Fsp3) is 0.588. The van der Waals surface area contributed by atoms with Gasteiger partial charge in [0.25, 0.3) is 0 Å². The number of benzene rings is 1. The predicted molar refractivity (Wildman–Crippen MR) is 101 cm³/mol. The Bertz CT molecular complexity index is 715. The van der Waals surface area contributed by atoms with E-state index in [0.29, 0.717) is 0 Å². The van der Waals surface area contributed by atoms with Crippen LogP contribution in [0.25, 0.3) is 0 Å². The molecule has 1 amide bonds. The van der Waals surface area contributed by atoms with Crippen molar-refractivity contribution in [1.82, 2.24) is 15.4 Å². The molecule has 3 N–H and O–H groups in total. The molecule has 6 nitrogen and oxygen atoms in total. The van der Waals surface area contributed by atoms with Gasteiger partial charge in [-0.2, -0.15) is 4.72 Å². The highest BCUT2D eigenvalue weighted by Crippen LogP contribution is 2.16. The summed E-state index contributed by atoms with van der Waals surface area (Å²) in [4.78, 5) is 12.2. The van der Waals surface area contributed by atoms with Gasteiger partial charge in [-0.15, -0.1) is 12.4 Å². The molecular formula is C17H27ClFN3O3S. The van der Waals surface area contributed by atoms with Crippen molar-refractivity contribution in [2.24, 2.45) is 5.92 Å². The number of hydrogen-bond acceptors (Lipinski definition) is 4. The Morgan fingerprint density at radius 3 is 2.54 bits per heavy atom. The monoisotopic (exact) mass is 407 g/mol. The van der Waals surface area contributed by atoms with E-state index in [9.17, 15) is 17.6 Å². The molecule has 1 aromatic carbocycles. The van der Waals surface area contributed by atoms with Crippen LogP contribution in [0.2, 0.25) is 0 Å². The highest BCUT2D eigenvalue weighted by atomic mass is 35.5. The molecule has 1 fully saturated rings. The lowest BCUT2D eigenvalue weighted by atomic mass is 9.98. The molecule has 148 valence electrons. The van der Waals surface area contributed by atoms with Gasteiger partial charge in [0.1, 0.15) is 16.8 Å². The average Bonchev–Trinajstić information content (AvgIpc) is 2.54. The number of carbonyl (C=O) groups excluding carboxylic acids is 1. The molecule has 1 heterocycles. The lowest BCUT2D eigenvalue weighted by molar-refractivity contribution is -0.124. The number of hydrogen-bond donors (Lipinski definition) is 3. The summed E-state index contributed by atoms with van der Waals surface area (Å²) in [7, 11) is -4.14. The van der Waals surface area contributed by atoms with Crippen molar-refractivity contribution < 1.29 is 17.6 Å². The second kappa shape index (κ2) is 9.64. The first kappa shape index (κ1) is 22.8. The number of nitrogens with one attached hydrogen (secondary N) is 3. The lowest BCUT2D eigenvalue weighted by Gasteiger charge is -2.32. The molecule has 0 bridgehead atoms. The third kappa shape index (κ3) is 5.64. The Kier molecular flexibility index (Phi) is 8.46. The van der Waals surface area contributed by atoms with Gasteiger partial charge in [-0.1, -0.05) is 26.0 Å². The Morgan fingerprint density at radius 2 is 1.96 bits per heavy atom. The van der Waals surface area contributed by atoms with E-state index in [0.717, 1.165) is 25.5 Å². The Hall–Kier alpha value is -1.22. The molecule has 26 heavy (non-hydrogen) atoms. The molecule has 0 spiro atoms. The van der Waals surface area contributed by atoms with Crippen molar-refractivity contribution in [3.05, 3.63) is 30.1 Å². The second-order valence-corrected chi connectivity index (χ2v) is 8.46. The predicted octanol–water partition coefficient (Wildman–Crippen LogP) is 1.81. The topological polar surface area (TPSA) is 87.3 Å². The fourth-order valence-electron chi connectivity index (χ4n) is 2.90. The maximum atomic E-state index is 13.8. The molecule has 0 radical (unpaired) electrons.